The van der Waals surface area contributed by atoms with Crippen LogP contribution in [-0.4, -0.2) is 17.6 Å². The van der Waals surface area contributed by atoms with E-state index in [1.807, 2.05) is 13.0 Å². The fraction of sp³-hybridized carbons (Fsp3) is 0.333. The molecule has 0 atom stereocenters. The first kappa shape index (κ1) is 14.8. The van der Waals surface area contributed by atoms with Crippen LogP contribution in [0.3, 0.4) is 0 Å². The van der Waals surface area contributed by atoms with E-state index >= 15 is 0 Å². The van der Waals surface area contributed by atoms with Gasteiger partial charge in [-0.05, 0) is 31.5 Å². The lowest BCUT2D eigenvalue weighted by atomic mass is 10.1. The van der Waals surface area contributed by atoms with Crippen molar-refractivity contribution in [3.05, 3.63) is 44.2 Å². The third kappa shape index (κ3) is 2.77. The van der Waals surface area contributed by atoms with E-state index in [0.717, 1.165) is 16.4 Å². The summed E-state index contributed by atoms with van der Waals surface area (Å²) in [6.45, 7) is 3.98. The molecule has 0 aliphatic rings. The lowest BCUT2D eigenvalue weighted by Crippen LogP contribution is -2.22. The number of aromatic amines is 1. The molecule has 0 saturated heterocycles. The predicted molar refractivity (Wildman–Crippen MR) is 82.2 cm³/mol. The molecule has 0 amide bonds. The van der Waals surface area contributed by atoms with Crippen LogP contribution in [0.1, 0.15) is 36.3 Å². The number of aromatic nitrogens is 1. The Morgan fingerprint density at radius 2 is 2.10 bits per heavy atom. The number of benzene rings is 1. The number of carbonyl (C=O) groups excluding carboxylic acids is 1. The summed E-state index contributed by atoms with van der Waals surface area (Å²) in [7, 11) is 0. The van der Waals surface area contributed by atoms with Gasteiger partial charge in [-0.2, -0.15) is 0 Å². The molecule has 1 N–H and O–H groups in total. The average molecular weight is 338 g/mol. The van der Waals surface area contributed by atoms with Crippen molar-refractivity contribution >= 4 is 32.8 Å². The lowest BCUT2D eigenvalue weighted by Gasteiger charge is -2.10. The summed E-state index contributed by atoms with van der Waals surface area (Å²) in [5, 5.41) is 0.496. The minimum Gasteiger partial charge on any atom is -0.462 e. The number of H-pyrrole nitrogens is 1. The van der Waals surface area contributed by atoms with Crippen molar-refractivity contribution in [2.24, 2.45) is 0 Å². The molecular weight excluding hydrogens is 322 g/mol. The van der Waals surface area contributed by atoms with Gasteiger partial charge in [0.25, 0.3) is 0 Å². The van der Waals surface area contributed by atoms with Crippen molar-refractivity contribution < 1.29 is 9.53 Å². The third-order valence-corrected chi connectivity index (χ3v) is 3.51. The number of esters is 1. The topological polar surface area (TPSA) is 59.2 Å². The molecule has 4 nitrogen and oxygen atoms in total. The molecule has 0 bridgehead atoms. The zero-order valence-electron chi connectivity index (χ0n) is 11.5. The van der Waals surface area contributed by atoms with Gasteiger partial charge in [0.15, 0.2) is 0 Å². The molecule has 1 aromatic carbocycles. The first-order valence-corrected chi connectivity index (χ1v) is 7.39. The summed E-state index contributed by atoms with van der Waals surface area (Å²) in [5.74, 6) is -0.554. The lowest BCUT2D eigenvalue weighted by molar-refractivity contribution is 0.0523. The molecule has 0 radical (unpaired) electrons. The maximum absolute atomic E-state index is 12.5. The van der Waals surface area contributed by atoms with Gasteiger partial charge in [0.05, 0.1) is 12.1 Å². The normalized spacial score (nSPS) is 10.8. The van der Waals surface area contributed by atoms with Gasteiger partial charge >= 0.3 is 5.97 Å². The number of fused-ring (bicyclic) bond motifs is 1. The van der Waals surface area contributed by atoms with Gasteiger partial charge in [-0.15, -0.1) is 0 Å². The smallest absolute Gasteiger partial charge is 0.343 e. The summed E-state index contributed by atoms with van der Waals surface area (Å²) >= 11 is 3.38. The van der Waals surface area contributed by atoms with Gasteiger partial charge in [-0.25, -0.2) is 4.79 Å². The van der Waals surface area contributed by atoms with Gasteiger partial charge in [0, 0.05) is 15.6 Å². The first-order valence-electron chi connectivity index (χ1n) is 6.60. The third-order valence-electron chi connectivity index (χ3n) is 3.02. The van der Waals surface area contributed by atoms with Crippen LogP contribution < -0.4 is 5.43 Å². The number of rotatable bonds is 4. The fourth-order valence-corrected chi connectivity index (χ4v) is 2.53. The number of nitrogens with one attached hydrogen (secondary N) is 1. The van der Waals surface area contributed by atoms with Crippen molar-refractivity contribution in [2.45, 2.75) is 26.7 Å². The molecule has 1 heterocycles. The van der Waals surface area contributed by atoms with Crippen LogP contribution in [0.15, 0.2) is 27.5 Å². The van der Waals surface area contributed by atoms with E-state index < -0.39 is 5.97 Å². The number of carbonyl (C=O) groups is 1. The number of pyridine rings is 1. The Morgan fingerprint density at radius 3 is 2.75 bits per heavy atom. The Labute approximate surface area is 125 Å². The highest BCUT2D eigenvalue weighted by Crippen LogP contribution is 2.18. The second kappa shape index (κ2) is 6.22. The maximum atomic E-state index is 12.5. The van der Waals surface area contributed by atoms with E-state index in [9.17, 15) is 9.59 Å². The molecule has 5 heteroatoms. The van der Waals surface area contributed by atoms with Crippen LogP contribution in [0.25, 0.3) is 10.9 Å². The van der Waals surface area contributed by atoms with Gasteiger partial charge in [-0.3, -0.25) is 4.79 Å². The van der Waals surface area contributed by atoms with Crippen LogP contribution in [-0.2, 0) is 11.2 Å². The monoisotopic (exact) mass is 337 g/mol. The average Bonchev–Trinajstić information content (AvgIpc) is 2.39. The van der Waals surface area contributed by atoms with Crippen molar-refractivity contribution in [3.8, 4) is 0 Å². The number of ether oxygens (including phenoxy) is 1. The Kier molecular flexibility index (Phi) is 4.60. The molecule has 2 aromatic rings. The molecule has 0 aliphatic carbocycles. The minimum atomic E-state index is -0.554. The van der Waals surface area contributed by atoms with Crippen LogP contribution in [0, 0.1) is 0 Å². The van der Waals surface area contributed by atoms with E-state index in [1.54, 1.807) is 19.1 Å². The number of hydrogen-bond donors (Lipinski definition) is 1. The highest BCUT2D eigenvalue weighted by atomic mass is 79.9. The van der Waals surface area contributed by atoms with Gasteiger partial charge in [0.1, 0.15) is 5.56 Å². The molecular formula is C15H16BrNO3. The van der Waals surface area contributed by atoms with Gasteiger partial charge in [-0.1, -0.05) is 29.3 Å². The molecule has 0 unspecified atom stereocenters. The minimum absolute atomic E-state index is 0.128. The number of aryl methyl sites for hydroxylation is 1. The van der Waals surface area contributed by atoms with Crippen molar-refractivity contribution in [2.75, 3.05) is 6.61 Å². The van der Waals surface area contributed by atoms with Crippen molar-refractivity contribution in [3.63, 3.8) is 0 Å². The Morgan fingerprint density at radius 1 is 1.35 bits per heavy atom. The summed E-state index contributed by atoms with van der Waals surface area (Å²) in [6, 6.07) is 5.33. The van der Waals surface area contributed by atoms with E-state index in [2.05, 4.69) is 20.9 Å². The highest BCUT2D eigenvalue weighted by molar-refractivity contribution is 9.10. The summed E-state index contributed by atoms with van der Waals surface area (Å²) in [5.41, 5.74) is 1.22. The Hall–Kier alpha value is -1.62. The Balaban J connectivity index is 2.73. The number of hydrogen-bond acceptors (Lipinski definition) is 3. The predicted octanol–water partition coefficient (Wildman–Crippen LogP) is 3.42. The molecule has 0 aliphatic heterocycles. The molecule has 20 heavy (non-hydrogen) atoms. The van der Waals surface area contributed by atoms with Crippen LogP contribution >= 0.6 is 15.9 Å². The van der Waals surface area contributed by atoms with Gasteiger partial charge in [0.2, 0.25) is 5.43 Å². The quantitative estimate of drug-likeness (QED) is 0.869. The first-order chi connectivity index (χ1) is 9.58. The largest absolute Gasteiger partial charge is 0.462 e. The van der Waals surface area contributed by atoms with E-state index in [-0.39, 0.29) is 17.6 Å². The van der Waals surface area contributed by atoms with E-state index in [1.165, 1.54) is 0 Å². The molecule has 1 aromatic heterocycles. The van der Waals surface area contributed by atoms with Crippen LogP contribution in [0.4, 0.5) is 0 Å². The van der Waals surface area contributed by atoms with Crippen molar-refractivity contribution in [1.82, 2.24) is 4.98 Å². The van der Waals surface area contributed by atoms with Crippen LogP contribution in [0.5, 0.6) is 0 Å². The summed E-state index contributed by atoms with van der Waals surface area (Å²) < 4.78 is 5.88. The second-order valence-electron chi connectivity index (χ2n) is 4.47. The summed E-state index contributed by atoms with van der Waals surface area (Å²) in [4.78, 5) is 27.7. The van der Waals surface area contributed by atoms with Crippen molar-refractivity contribution in [1.29, 1.82) is 0 Å². The molecule has 0 fully saturated rings. The Bertz CT molecular complexity index is 706. The zero-order chi connectivity index (χ0) is 14.7. The van der Waals surface area contributed by atoms with Crippen LogP contribution in [0.2, 0.25) is 0 Å². The molecule has 2 rings (SSSR count). The molecule has 0 saturated carbocycles. The van der Waals surface area contributed by atoms with E-state index in [0.29, 0.717) is 17.5 Å². The zero-order valence-corrected chi connectivity index (χ0v) is 13.0. The number of halogens is 1. The van der Waals surface area contributed by atoms with E-state index in [4.69, 9.17) is 4.74 Å². The fourth-order valence-electron chi connectivity index (χ4n) is 2.17. The maximum Gasteiger partial charge on any atom is 0.343 e. The second-order valence-corrected chi connectivity index (χ2v) is 5.38. The molecule has 0 spiro atoms. The summed E-state index contributed by atoms with van der Waals surface area (Å²) in [6.07, 6.45) is 1.47. The standard InChI is InChI=1S/C15H16BrNO3/c1-3-5-11-13(15(19)20-4-2)14(18)10-7-6-9(16)8-12(10)17-11/h6-8H,3-5H2,1-2H3,(H,17,18). The highest BCUT2D eigenvalue weighted by Gasteiger charge is 2.19. The molecule has 106 valence electrons. The SMILES string of the molecule is CCCc1[nH]c2cc(Br)ccc2c(=O)c1C(=O)OCC. The van der Waals surface area contributed by atoms with Gasteiger partial charge < -0.3 is 9.72 Å².